The topological polar surface area (TPSA) is 112 Å². The van der Waals surface area contributed by atoms with E-state index in [0.29, 0.717) is 0 Å². The van der Waals surface area contributed by atoms with Gasteiger partial charge in [0.05, 0.1) is 12.0 Å². The lowest BCUT2D eigenvalue weighted by Gasteiger charge is -2.17. The van der Waals surface area contributed by atoms with Gasteiger partial charge in [0.25, 0.3) is 0 Å². The Morgan fingerprint density at radius 2 is 1.62 bits per heavy atom. The molecule has 0 unspecified atom stereocenters. The molecule has 1 N–H and O–H groups in total. The van der Waals surface area contributed by atoms with Crippen molar-refractivity contribution >= 4 is 0 Å². The molecule has 1 aliphatic rings. The van der Waals surface area contributed by atoms with E-state index in [2.05, 4.69) is 64.4 Å². The molecule has 1 aromatic carbocycles. The van der Waals surface area contributed by atoms with Crippen LogP contribution in [0.2, 0.25) is 0 Å². The molecule has 24 heavy (non-hydrogen) atoms. The zero-order chi connectivity index (χ0) is 17.2. The molecule has 4 rings (SSSR count). The number of hydrogen-bond donors (Lipinski definition) is 1. The molecule has 3 aromatic rings. The predicted molar refractivity (Wildman–Crippen MR) is 74.8 cm³/mol. The summed E-state index contributed by atoms with van der Waals surface area (Å²) in [6.45, 7) is 0.976. The molecule has 7 heteroatoms. The predicted octanol–water partition coefficient (Wildman–Crippen LogP) is -1.83. The van der Waals surface area contributed by atoms with E-state index >= 15 is 0 Å². The summed E-state index contributed by atoms with van der Waals surface area (Å²) in [5.41, 5.74) is 6.89. The van der Waals surface area contributed by atoms with E-state index < -0.39 is 10.2 Å². The Morgan fingerprint density at radius 3 is 2.29 bits per heavy atom. The van der Waals surface area contributed by atoms with Crippen molar-refractivity contribution < 1.29 is 33.4 Å². The van der Waals surface area contributed by atoms with Gasteiger partial charge in [-0.05, 0) is 17.7 Å². The van der Waals surface area contributed by atoms with E-state index in [1.807, 2.05) is 6.20 Å². The summed E-state index contributed by atoms with van der Waals surface area (Å²) < 4.78 is 36.3. The number of aromatic amines is 1. The first-order valence-corrected chi connectivity index (χ1v) is 8.48. The van der Waals surface area contributed by atoms with Crippen LogP contribution in [0.1, 0.15) is 16.8 Å². The molecule has 0 atom stereocenters. The monoisotopic (exact) mass is 346 g/mol. The lowest BCUT2D eigenvalue weighted by molar-refractivity contribution is -2.00. The Labute approximate surface area is 141 Å². The van der Waals surface area contributed by atoms with E-state index in [4.69, 9.17) is 18.6 Å². The lowest BCUT2D eigenvalue weighted by Crippen LogP contribution is -2.68. The summed E-state index contributed by atoms with van der Waals surface area (Å²) in [5.74, 6) is 0. The Bertz CT molecular complexity index is 823. The molecular weight excluding hydrogens is 332 g/mol. The quantitative estimate of drug-likeness (QED) is 0.408. The Kier molecular flexibility index (Phi) is 4.66. The summed E-state index contributed by atoms with van der Waals surface area (Å²) in [6, 6.07) is 15.2. The zero-order valence-electron chi connectivity index (χ0n) is 12.6. The van der Waals surface area contributed by atoms with Crippen LogP contribution in [-0.4, -0.2) is 4.98 Å². The summed E-state index contributed by atoms with van der Waals surface area (Å²) in [4.78, 5) is 3.14. The Hall–Kier alpha value is -2.22. The minimum atomic E-state index is -4.94. The van der Waals surface area contributed by atoms with Crippen LogP contribution in [0, 0.1) is 10.2 Å². The van der Waals surface area contributed by atoms with Crippen LogP contribution < -0.4 is 23.2 Å². The van der Waals surface area contributed by atoms with Gasteiger partial charge in [-0.2, -0.15) is 4.57 Å². The van der Waals surface area contributed by atoms with Crippen LogP contribution in [0.5, 0.6) is 0 Å². The molecule has 0 saturated carbocycles. The van der Waals surface area contributed by atoms with Gasteiger partial charge in [0.2, 0.25) is 0 Å². The second kappa shape index (κ2) is 6.72. The second-order valence-electron chi connectivity index (χ2n) is 5.42. The maximum absolute atomic E-state index is 8.49. The summed E-state index contributed by atoms with van der Waals surface area (Å²) in [7, 11) is -4.94. The molecule has 124 valence electrons. The third kappa shape index (κ3) is 4.00. The van der Waals surface area contributed by atoms with Crippen molar-refractivity contribution in [2.75, 3.05) is 0 Å². The number of H-pyrrole nitrogens is 1. The van der Waals surface area contributed by atoms with E-state index in [0.717, 1.165) is 13.0 Å². The first-order valence-electron chi connectivity index (χ1n) is 7.25. The van der Waals surface area contributed by atoms with Gasteiger partial charge in [-0.25, -0.2) is 18.6 Å². The van der Waals surface area contributed by atoms with Crippen molar-refractivity contribution in [3.63, 3.8) is 0 Å². The van der Waals surface area contributed by atoms with Crippen molar-refractivity contribution in [3.05, 3.63) is 77.9 Å². The van der Waals surface area contributed by atoms with Gasteiger partial charge >= 0.3 is 0 Å². The molecule has 0 radical (unpaired) electrons. The van der Waals surface area contributed by atoms with Crippen LogP contribution in [0.25, 0.3) is 11.1 Å². The number of nitrogens with one attached hydrogen (secondary N) is 1. The average molecular weight is 347 g/mol. The van der Waals surface area contributed by atoms with Gasteiger partial charge in [0, 0.05) is 29.6 Å². The fourth-order valence-electron chi connectivity index (χ4n) is 2.93. The van der Waals surface area contributed by atoms with E-state index in [-0.39, 0.29) is 0 Å². The number of benzene rings is 1. The SMILES string of the molecule is [O-][Cl+3]([O-])([O-])[O-].c1ccc2c(c1)Cc1c(-c3cc[nH]c3)ccc[n+]1C2. The highest BCUT2D eigenvalue weighted by Crippen LogP contribution is 2.26. The Morgan fingerprint density at radius 1 is 0.917 bits per heavy atom. The Balaban J connectivity index is 0.000000300. The van der Waals surface area contributed by atoms with Crippen LogP contribution in [0.15, 0.2) is 61.1 Å². The molecule has 3 heterocycles. The number of halogens is 1. The summed E-state index contributed by atoms with van der Waals surface area (Å²) >= 11 is 0. The highest BCUT2D eigenvalue weighted by molar-refractivity contribution is 5.64. The van der Waals surface area contributed by atoms with Gasteiger partial charge in [-0.15, -0.1) is 10.2 Å². The second-order valence-corrected chi connectivity index (χ2v) is 6.18. The highest BCUT2D eigenvalue weighted by atomic mass is 35.7. The third-order valence-electron chi connectivity index (χ3n) is 3.91. The number of rotatable bonds is 1. The zero-order valence-corrected chi connectivity index (χ0v) is 13.4. The normalized spacial score (nSPS) is 12.7. The maximum Gasteiger partial charge on any atom is 0.193 e. The molecule has 1 aliphatic heterocycles. The van der Waals surface area contributed by atoms with Crippen molar-refractivity contribution in [1.82, 2.24) is 4.98 Å². The molecule has 6 nitrogen and oxygen atoms in total. The molecule has 0 amide bonds. The molecular formula is C17H15ClN2O4. The van der Waals surface area contributed by atoms with Gasteiger partial charge < -0.3 is 4.98 Å². The fraction of sp³-hybridized carbons (Fsp3) is 0.118. The molecule has 0 saturated heterocycles. The number of aromatic nitrogens is 2. The van der Waals surface area contributed by atoms with Crippen LogP contribution in [-0.2, 0) is 13.0 Å². The summed E-state index contributed by atoms with van der Waals surface area (Å²) in [5, 5.41) is 0. The van der Waals surface area contributed by atoms with E-state index in [1.54, 1.807) is 0 Å². The van der Waals surface area contributed by atoms with Crippen LogP contribution >= 0.6 is 0 Å². The highest BCUT2D eigenvalue weighted by Gasteiger charge is 2.24. The minimum absolute atomic E-state index is 0.976. The van der Waals surface area contributed by atoms with Crippen LogP contribution in [0.4, 0.5) is 0 Å². The lowest BCUT2D eigenvalue weighted by atomic mass is 9.94. The van der Waals surface area contributed by atoms with Gasteiger partial charge in [0.15, 0.2) is 18.4 Å². The number of hydrogen-bond acceptors (Lipinski definition) is 4. The van der Waals surface area contributed by atoms with Crippen LogP contribution in [0.3, 0.4) is 0 Å². The van der Waals surface area contributed by atoms with Gasteiger partial charge in [-0.3, -0.25) is 0 Å². The average Bonchev–Trinajstić information content (AvgIpc) is 3.05. The van der Waals surface area contributed by atoms with E-state index in [9.17, 15) is 0 Å². The maximum atomic E-state index is 8.49. The first kappa shape index (κ1) is 16.6. The van der Waals surface area contributed by atoms with Gasteiger partial charge in [0.1, 0.15) is 0 Å². The first-order chi connectivity index (χ1) is 11.4. The molecule has 2 aromatic heterocycles. The van der Waals surface area contributed by atoms with E-state index in [1.165, 1.54) is 27.9 Å². The fourth-order valence-corrected chi connectivity index (χ4v) is 2.93. The van der Waals surface area contributed by atoms with Crippen molar-refractivity contribution in [3.8, 4) is 11.1 Å². The van der Waals surface area contributed by atoms with Crippen molar-refractivity contribution in [2.45, 2.75) is 13.0 Å². The molecule has 0 fully saturated rings. The van der Waals surface area contributed by atoms with Crippen molar-refractivity contribution in [1.29, 1.82) is 0 Å². The standard InChI is InChI=1S/C17H15N2.ClHO4/c1-2-5-15-12-19-9-3-6-16(14-7-8-18-11-14)17(19)10-13(15)4-1;2-1(3,4)5/h1-9,11,18H,10,12H2;(H,2,3,4,5)/q+1;/p-1. The number of pyridine rings is 1. The largest absolute Gasteiger partial charge is 0.367 e. The third-order valence-corrected chi connectivity index (χ3v) is 3.91. The molecule has 0 aliphatic carbocycles. The smallest absolute Gasteiger partial charge is 0.193 e. The molecule has 0 spiro atoms. The summed E-state index contributed by atoms with van der Waals surface area (Å²) in [6.07, 6.45) is 7.24. The van der Waals surface area contributed by atoms with Crippen molar-refractivity contribution in [2.24, 2.45) is 0 Å². The number of nitrogens with zero attached hydrogens (tertiary/aromatic N) is 1. The number of fused-ring (bicyclic) bond motifs is 2. The van der Waals surface area contributed by atoms with Gasteiger partial charge in [-0.1, -0.05) is 24.3 Å². The minimum Gasteiger partial charge on any atom is -0.367 e. The molecule has 0 bridgehead atoms.